The summed E-state index contributed by atoms with van der Waals surface area (Å²) in [7, 11) is 0. The van der Waals surface area contributed by atoms with Gasteiger partial charge in [-0.15, -0.1) is 0 Å². The number of anilines is 1. The van der Waals surface area contributed by atoms with E-state index in [4.69, 9.17) is 0 Å². The lowest BCUT2D eigenvalue weighted by atomic mass is 10.0. The second kappa shape index (κ2) is 6.87. The molecule has 2 amide bonds. The number of para-hydroxylation sites is 1. The summed E-state index contributed by atoms with van der Waals surface area (Å²) < 4.78 is 0. The Kier molecular flexibility index (Phi) is 4.65. The molecule has 0 spiro atoms. The molecule has 2 aromatic carbocycles. The molecule has 0 radical (unpaired) electrons. The minimum atomic E-state index is -0.125. The SMILES string of the molecule is Cc1ccc(CC(=O)Nc2ccccc2C(=O)NC2CC2)cc1C. The van der Waals surface area contributed by atoms with Gasteiger partial charge in [-0.1, -0.05) is 30.3 Å². The highest BCUT2D eigenvalue weighted by Gasteiger charge is 2.25. The molecular weight excluding hydrogens is 300 g/mol. The van der Waals surface area contributed by atoms with Gasteiger partial charge in [0.05, 0.1) is 17.7 Å². The van der Waals surface area contributed by atoms with Crippen LogP contribution in [0.2, 0.25) is 0 Å². The highest BCUT2D eigenvalue weighted by Crippen LogP contribution is 2.21. The number of carbonyl (C=O) groups is 2. The summed E-state index contributed by atoms with van der Waals surface area (Å²) in [6.45, 7) is 4.09. The maximum Gasteiger partial charge on any atom is 0.253 e. The van der Waals surface area contributed by atoms with Crippen molar-refractivity contribution in [1.82, 2.24) is 5.32 Å². The molecule has 0 bridgehead atoms. The standard InChI is InChI=1S/C20H22N2O2/c1-13-7-8-15(11-14(13)2)12-19(23)22-18-6-4-3-5-17(18)20(24)21-16-9-10-16/h3-8,11,16H,9-10,12H2,1-2H3,(H,21,24)(H,22,23). The van der Waals surface area contributed by atoms with Crippen LogP contribution in [0.5, 0.6) is 0 Å². The third-order valence-electron chi connectivity index (χ3n) is 4.29. The van der Waals surface area contributed by atoms with Gasteiger partial charge in [0.15, 0.2) is 0 Å². The Morgan fingerprint density at radius 2 is 1.79 bits per heavy atom. The van der Waals surface area contributed by atoms with Crippen LogP contribution in [0.3, 0.4) is 0 Å². The van der Waals surface area contributed by atoms with Crippen molar-refractivity contribution in [3.05, 3.63) is 64.7 Å². The summed E-state index contributed by atoms with van der Waals surface area (Å²) in [5, 5.41) is 5.82. The Morgan fingerprint density at radius 3 is 2.50 bits per heavy atom. The predicted molar refractivity (Wildman–Crippen MR) is 95.2 cm³/mol. The molecule has 0 atom stereocenters. The molecule has 4 heteroatoms. The van der Waals surface area contributed by atoms with Gasteiger partial charge >= 0.3 is 0 Å². The Labute approximate surface area is 142 Å². The smallest absolute Gasteiger partial charge is 0.253 e. The summed E-state index contributed by atoms with van der Waals surface area (Å²) in [6, 6.07) is 13.4. The van der Waals surface area contributed by atoms with Gasteiger partial charge in [-0.25, -0.2) is 0 Å². The number of benzene rings is 2. The normalized spacial score (nSPS) is 13.4. The van der Waals surface area contributed by atoms with E-state index in [9.17, 15) is 9.59 Å². The van der Waals surface area contributed by atoms with Gasteiger partial charge in [-0.05, 0) is 55.5 Å². The van der Waals surface area contributed by atoms with Crippen LogP contribution in [0.25, 0.3) is 0 Å². The summed E-state index contributed by atoms with van der Waals surface area (Å²) in [5.41, 5.74) is 4.42. The zero-order valence-electron chi connectivity index (χ0n) is 14.1. The summed E-state index contributed by atoms with van der Waals surface area (Å²) >= 11 is 0. The first-order chi connectivity index (χ1) is 11.5. The molecule has 124 valence electrons. The number of carbonyl (C=O) groups excluding carboxylic acids is 2. The fraction of sp³-hybridized carbons (Fsp3) is 0.300. The van der Waals surface area contributed by atoms with E-state index in [1.807, 2.05) is 38.1 Å². The summed E-state index contributed by atoms with van der Waals surface area (Å²) in [4.78, 5) is 24.6. The fourth-order valence-electron chi connectivity index (χ4n) is 2.57. The molecule has 1 saturated carbocycles. The van der Waals surface area contributed by atoms with Crippen molar-refractivity contribution in [2.45, 2.75) is 39.2 Å². The second-order valence-corrected chi connectivity index (χ2v) is 6.44. The third-order valence-corrected chi connectivity index (χ3v) is 4.29. The largest absolute Gasteiger partial charge is 0.349 e. The highest BCUT2D eigenvalue weighted by molar-refractivity contribution is 6.04. The number of hydrogen-bond acceptors (Lipinski definition) is 2. The van der Waals surface area contributed by atoms with Gasteiger partial charge in [-0.2, -0.15) is 0 Å². The molecule has 2 N–H and O–H groups in total. The average molecular weight is 322 g/mol. The van der Waals surface area contributed by atoms with E-state index in [-0.39, 0.29) is 17.9 Å². The van der Waals surface area contributed by atoms with Crippen LogP contribution in [0.15, 0.2) is 42.5 Å². The molecule has 0 aliphatic heterocycles. The molecule has 0 heterocycles. The highest BCUT2D eigenvalue weighted by atomic mass is 16.2. The first-order valence-electron chi connectivity index (χ1n) is 8.29. The van der Waals surface area contributed by atoms with E-state index in [1.165, 1.54) is 11.1 Å². The van der Waals surface area contributed by atoms with Gasteiger partial charge < -0.3 is 10.6 Å². The minimum Gasteiger partial charge on any atom is -0.349 e. The van der Waals surface area contributed by atoms with Crippen molar-refractivity contribution in [2.75, 3.05) is 5.32 Å². The molecule has 1 aliphatic carbocycles. The van der Waals surface area contributed by atoms with Crippen molar-refractivity contribution < 1.29 is 9.59 Å². The first-order valence-corrected chi connectivity index (χ1v) is 8.29. The van der Waals surface area contributed by atoms with Gasteiger partial charge in [-0.3, -0.25) is 9.59 Å². The van der Waals surface area contributed by atoms with Crippen molar-refractivity contribution >= 4 is 17.5 Å². The van der Waals surface area contributed by atoms with Crippen LogP contribution in [0, 0.1) is 13.8 Å². The van der Waals surface area contributed by atoms with E-state index in [2.05, 4.69) is 10.6 Å². The molecular formula is C20H22N2O2. The number of rotatable bonds is 5. The number of hydrogen-bond donors (Lipinski definition) is 2. The van der Waals surface area contributed by atoms with Crippen LogP contribution >= 0.6 is 0 Å². The zero-order valence-corrected chi connectivity index (χ0v) is 14.1. The van der Waals surface area contributed by atoms with Gasteiger partial charge in [0, 0.05) is 6.04 Å². The fourth-order valence-corrected chi connectivity index (χ4v) is 2.57. The molecule has 1 fully saturated rings. The van der Waals surface area contributed by atoms with Gasteiger partial charge in [0.1, 0.15) is 0 Å². The predicted octanol–water partition coefficient (Wildman–Crippen LogP) is 3.38. The van der Waals surface area contributed by atoms with Crippen LogP contribution in [-0.4, -0.2) is 17.9 Å². The Morgan fingerprint density at radius 1 is 1.04 bits per heavy atom. The van der Waals surface area contributed by atoms with E-state index in [0.29, 0.717) is 17.7 Å². The van der Waals surface area contributed by atoms with E-state index < -0.39 is 0 Å². The Bertz CT molecular complexity index is 779. The molecule has 2 aromatic rings. The average Bonchev–Trinajstić information content (AvgIpc) is 3.35. The van der Waals surface area contributed by atoms with E-state index >= 15 is 0 Å². The van der Waals surface area contributed by atoms with Crippen molar-refractivity contribution in [3.8, 4) is 0 Å². The van der Waals surface area contributed by atoms with Crippen LogP contribution in [0.4, 0.5) is 5.69 Å². The number of aryl methyl sites for hydroxylation is 2. The van der Waals surface area contributed by atoms with Crippen molar-refractivity contribution in [2.24, 2.45) is 0 Å². The molecule has 0 aromatic heterocycles. The van der Waals surface area contributed by atoms with Gasteiger partial charge in [0.2, 0.25) is 5.91 Å². The molecule has 4 nitrogen and oxygen atoms in total. The third kappa shape index (κ3) is 4.02. The number of nitrogens with one attached hydrogen (secondary N) is 2. The van der Waals surface area contributed by atoms with Crippen molar-refractivity contribution in [1.29, 1.82) is 0 Å². The molecule has 3 rings (SSSR count). The van der Waals surface area contributed by atoms with Gasteiger partial charge in [0.25, 0.3) is 5.91 Å². The first kappa shape index (κ1) is 16.2. The zero-order chi connectivity index (χ0) is 17.1. The molecule has 0 unspecified atom stereocenters. The summed E-state index contributed by atoms with van der Waals surface area (Å²) in [6.07, 6.45) is 2.36. The minimum absolute atomic E-state index is 0.120. The quantitative estimate of drug-likeness (QED) is 0.886. The van der Waals surface area contributed by atoms with E-state index in [1.54, 1.807) is 18.2 Å². The monoisotopic (exact) mass is 322 g/mol. The lowest BCUT2D eigenvalue weighted by molar-refractivity contribution is -0.115. The topological polar surface area (TPSA) is 58.2 Å². The Hall–Kier alpha value is -2.62. The van der Waals surface area contributed by atoms with Crippen LogP contribution in [0.1, 0.15) is 39.9 Å². The lowest BCUT2D eigenvalue weighted by Crippen LogP contribution is -2.27. The lowest BCUT2D eigenvalue weighted by Gasteiger charge is -2.11. The number of amides is 2. The Balaban J connectivity index is 1.69. The second-order valence-electron chi connectivity index (χ2n) is 6.44. The maximum atomic E-state index is 12.3. The molecule has 0 saturated heterocycles. The summed E-state index contributed by atoms with van der Waals surface area (Å²) in [5.74, 6) is -0.246. The molecule has 1 aliphatic rings. The van der Waals surface area contributed by atoms with Crippen LogP contribution < -0.4 is 10.6 Å². The maximum absolute atomic E-state index is 12.3. The van der Waals surface area contributed by atoms with Crippen molar-refractivity contribution in [3.63, 3.8) is 0 Å². The van der Waals surface area contributed by atoms with Crippen LogP contribution in [-0.2, 0) is 11.2 Å². The molecule has 24 heavy (non-hydrogen) atoms. The van der Waals surface area contributed by atoms with E-state index in [0.717, 1.165) is 18.4 Å².